The summed E-state index contributed by atoms with van der Waals surface area (Å²) >= 11 is 0. The molecule has 1 aliphatic heterocycles. The van der Waals surface area contributed by atoms with Crippen LogP contribution >= 0.6 is 0 Å². The van der Waals surface area contributed by atoms with Crippen LogP contribution in [0.4, 0.5) is 10.1 Å². The number of hydrogen-bond donors (Lipinski definition) is 1. The van der Waals surface area contributed by atoms with Gasteiger partial charge in [-0.2, -0.15) is 0 Å². The maximum atomic E-state index is 13.5. The molecule has 0 aliphatic carbocycles. The smallest absolute Gasteiger partial charge is 0.146 e. The average Bonchev–Trinajstić information content (AvgIpc) is 2.25. The first kappa shape index (κ1) is 11.4. The summed E-state index contributed by atoms with van der Waals surface area (Å²) < 4.78 is 13.5. The second kappa shape index (κ2) is 4.83. The number of anilines is 1. The van der Waals surface area contributed by atoms with E-state index in [1.54, 1.807) is 12.1 Å². The van der Waals surface area contributed by atoms with Gasteiger partial charge in [0.15, 0.2) is 0 Å². The Hall–Kier alpha value is -1.09. The molecule has 1 aromatic carbocycles. The van der Waals surface area contributed by atoms with Gasteiger partial charge in [0.2, 0.25) is 0 Å². The fourth-order valence-corrected chi connectivity index (χ4v) is 2.35. The Morgan fingerprint density at radius 1 is 1.38 bits per heavy atom. The van der Waals surface area contributed by atoms with Gasteiger partial charge in [0.1, 0.15) is 5.82 Å². The van der Waals surface area contributed by atoms with Crippen LogP contribution in [-0.4, -0.2) is 31.1 Å². The Morgan fingerprint density at radius 3 is 2.81 bits per heavy atom. The highest BCUT2D eigenvalue weighted by Gasteiger charge is 2.24. The zero-order valence-corrected chi connectivity index (χ0v) is 9.91. The first-order valence-corrected chi connectivity index (χ1v) is 5.86. The summed E-state index contributed by atoms with van der Waals surface area (Å²) in [6.07, 6.45) is 1.08. The summed E-state index contributed by atoms with van der Waals surface area (Å²) in [5, 5.41) is 3.32. The van der Waals surface area contributed by atoms with Crippen molar-refractivity contribution in [2.75, 3.05) is 25.5 Å². The van der Waals surface area contributed by atoms with Crippen LogP contribution in [0.5, 0.6) is 0 Å². The molecular weight excluding hydrogens is 203 g/mol. The highest BCUT2D eigenvalue weighted by molar-refractivity contribution is 5.45. The molecule has 0 spiro atoms. The van der Waals surface area contributed by atoms with E-state index in [-0.39, 0.29) is 5.82 Å². The van der Waals surface area contributed by atoms with Crippen LogP contribution in [0, 0.1) is 11.7 Å². The van der Waals surface area contributed by atoms with Crippen LogP contribution in [-0.2, 0) is 0 Å². The normalized spacial score (nSPS) is 26.7. The van der Waals surface area contributed by atoms with Gasteiger partial charge in [-0.15, -0.1) is 0 Å². The number of nitrogens with zero attached hydrogens (tertiary/aromatic N) is 1. The van der Waals surface area contributed by atoms with Crippen LogP contribution in [0.1, 0.15) is 13.3 Å². The summed E-state index contributed by atoms with van der Waals surface area (Å²) in [5.41, 5.74) is 0.629. The summed E-state index contributed by atoms with van der Waals surface area (Å²) in [6.45, 7) is 4.37. The average molecular weight is 222 g/mol. The summed E-state index contributed by atoms with van der Waals surface area (Å²) in [6, 6.07) is 7.28. The standard InChI is InChI=1S/C13H19FN2/c1-10-9-16(2)8-7-12(10)15-13-6-4-3-5-11(13)14/h3-6,10,12,15H,7-9H2,1-2H3. The fraction of sp³-hybridized carbons (Fsp3) is 0.538. The Labute approximate surface area is 96.5 Å². The van der Waals surface area contributed by atoms with E-state index in [4.69, 9.17) is 0 Å². The number of para-hydroxylation sites is 1. The van der Waals surface area contributed by atoms with E-state index in [1.807, 2.05) is 6.07 Å². The zero-order chi connectivity index (χ0) is 11.5. The molecule has 0 radical (unpaired) electrons. The minimum absolute atomic E-state index is 0.159. The predicted octanol–water partition coefficient (Wildman–Crippen LogP) is 2.58. The second-order valence-corrected chi connectivity index (χ2v) is 4.76. The van der Waals surface area contributed by atoms with Crippen LogP contribution in [0.3, 0.4) is 0 Å². The number of halogens is 1. The Kier molecular flexibility index (Phi) is 3.44. The van der Waals surface area contributed by atoms with Crippen molar-refractivity contribution in [3.8, 4) is 0 Å². The lowest BCUT2D eigenvalue weighted by molar-refractivity contribution is 0.206. The summed E-state index contributed by atoms with van der Waals surface area (Å²) in [4.78, 5) is 2.32. The third-order valence-corrected chi connectivity index (χ3v) is 3.32. The Balaban J connectivity index is 2.02. The van der Waals surface area contributed by atoms with Crippen molar-refractivity contribution in [2.24, 2.45) is 5.92 Å². The first-order chi connectivity index (χ1) is 7.66. The van der Waals surface area contributed by atoms with Crippen molar-refractivity contribution < 1.29 is 4.39 Å². The molecule has 1 saturated heterocycles. The minimum Gasteiger partial charge on any atom is -0.380 e. The second-order valence-electron chi connectivity index (χ2n) is 4.76. The molecule has 0 amide bonds. The number of likely N-dealkylation sites (tertiary alicyclic amines) is 1. The molecular formula is C13H19FN2. The lowest BCUT2D eigenvalue weighted by Crippen LogP contribution is -2.43. The van der Waals surface area contributed by atoms with Crippen molar-refractivity contribution in [1.82, 2.24) is 4.90 Å². The van der Waals surface area contributed by atoms with E-state index in [2.05, 4.69) is 24.2 Å². The van der Waals surface area contributed by atoms with Gasteiger partial charge in [0.05, 0.1) is 5.69 Å². The molecule has 1 heterocycles. The molecule has 1 N–H and O–H groups in total. The van der Waals surface area contributed by atoms with Gasteiger partial charge in [-0.25, -0.2) is 4.39 Å². The van der Waals surface area contributed by atoms with E-state index in [9.17, 15) is 4.39 Å². The molecule has 2 rings (SSSR count). The van der Waals surface area contributed by atoms with Crippen molar-refractivity contribution in [3.05, 3.63) is 30.1 Å². The number of hydrogen-bond acceptors (Lipinski definition) is 2. The highest BCUT2D eigenvalue weighted by Crippen LogP contribution is 2.21. The lowest BCUT2D eigenvalue weighted by atomic mass is 9.94. The van der Waals surface area contributed by atoms with E-state index in [1.165, 1.54) is 6.07 Å². The monoisotopic (exact) mass is 222 g/mol. The summed E-state index contributed by atoms with van der Waals surface area (Å²) in [5.74, 6) is 0.395. The molecule has 2 atom stereocenters. The zero-order valence-electron chi connectivity index (χ0n) is 9.91. The van der Waals surface area contributed by atoms with Crippen LogP contribution < -0.4 is 5.32 Å². The molecule has 0 bridgehead atoms. The van der Waals surface area contributed by atoms with Crippen molar-refractivity contribution >= 4 is 5.69 Å². The molecule has 3 heteroatoms. The first-order valence-electron chi connectivity index (χ1n) is 5.86. The predicted molar refractivity (Wildman–Crippen MR) is 65.1 cm³/mol. The van der Waals surface area contributed by atoms with Gasteiger partial charge in [-0.05, 0) is 38.1 Å². The molecule has 1 fully saturated rings. The number of piperidine rings is 1. The van der Waals surface area contributed by atoms with Crippen LogP contribution in [0.25, 0.3) is 0 Å². The SMILES string of the molecule is CC1CN(C)CCC1Nc1ccccc1F. The van der Waals surface area contributed by atoms with Gasteiger partial charge in [-0.3, -0.25) is 0 Å². The van der Waals surface area contributed by atoms with E-state index in [0.717, 1.165) is 19.5 Å². The topological polar surface area (TPSA) is 15.3 Å². The minimum atomic E-state index is -0.159. The van der Waals surface area contributed by atoms with Crippen molar-refractivity contribution in [1.29, 1.82) is 0 Å². The van der Waals surface area contributed by atoms with Gasteiger partial charge in [0, 0.05) is 12.6 Å². The number of nitrogens with one attached hydrogen (secondary N) is 1. The highest BCUT2D eigenvalue weighted by atomic mass is 19.1. The van der Waals surface area contributed by atoms with Gasteiger partial charge in [-0.1, -0.05) is 19.1 Å². The maximum Gasteiger partial charge on any atom is 0.146 e. The molecule has 16 heavy (non-hydrogen) atoms. The Morgan fingerprint density at radius 2 is 2.12 bits per heavy atom. The molecule has 88 valence electrons. The number of benzene rings is 1. The molecule has 2 unspecified atom stereocenters. The maximum absolute atomic E-state index is 13.5. The van der Waals surface area contributed by atoms with Gasteiger partial charge < -0.3 is 10.2 Å². The summed E-state index contributed by atoms with van der Waals surface area (Å²) in [7, 11) is 2.13. The third kappa shape index (κ3) is 2.53. The van der Waals surface area contributed by atoms with Crippen molar-refractivity contribution in [2.45, 2.75) is 19.4 Å². The quantitative estimate of drug-likeness (QED) is 0.827. The molecule has 0 aromatic heterocycles. The molecule has 2 nitrogen and oxygen atoms in total. The van der Waals surface area contributed by atoms with Crippen LogP contribution in [0.15, 0.2) is 24.3 Å². The molecule has 1 aromatic rings. The van der Waals surface area contributed by atoms with Gasteiger partial charge in [0.25, 0.3) is 0 Å². The Bertz CT molecular complexity index is 354. The fourth-order valence-electron chi connectivity index (χ4n) is 2.35. The molecule has 1 aliphatic rings. The van der Waals surface area contributed by atoms with Crippen molar-refractivity contribution in [3.63, 3.8) is 0 Å². The third-order valence-electron chi connectivity index (χ3n) is 3.32. The largest absolute Gasteiger partial charge is 0.380 e. The van der Waals surface area contributed by atoms with Gasteiger partial charge >= 0.3 is 0 Å². The number of rotatable bonds is 2. The molecule has 0 saturated carbocycles. The van der Waals surface area contributed by atoms with E-state index < -0.39 is 0 Å². The van der Waals surface area contributed by atoms with E-state index in [0.29, 0.717) is 17.6 Å². The van der Waals surface area contributed by atoms with Crippen LogP contribution in [0.2, 0.25) is 0 Å². The van der Waals surface area contributed by atoms with E-state index >= 15 is 0 Å². The lowest BCUT2D eigenvalue weighted by Gasteiger charge is -2.35.